The Hall–Kier alpha value is -4.96. The highest BCUT2D eigenvalue weighted by Crippen LogP contribution is 2.33. The van der Waals surface area contributed by atoms with E-state index in [0.29, 0.717) is 51.9 Å². The number of nitrogens with zero attached hydrogens (tertiary/aromatic N) is 2. The number of hydrogen-bond acceptors (Lipinski definition) is 10. The van der Waals surface area contributed by atoms with Crippen molar-refractivity contribution in [1.29, 1.82) is 0 Å². The number of rotatable bonds is 27. The van der Waals surface area contributed by atoms with Gasteiger partial charge in [0.1, 0.15) is 0 Å². The maximum Gasteiger partial charge on any atom is 0.307 e. The number of carboxylic acids is 4. The van der Waals surface area contributed by atoms with Crippen LogP contribution in [0.1, 0.15) is 73.6 Å². The van der Waals surface area contributed by atoms with E-state index in [4.69, 9.17) is 0 Å². The number of aliphatic carboxylic acids is 4. The predicted octanol–water partition coefficient (Wildman–Crippen LogP) is 6.10. The van der Waals surface area contributed by atoms with Gasteiger partial charge in [-0.3, -0.25) is 29.0 Å². The summed E-state index contributed by atoms with van der Waals surface area (Å²) in [6.07, 6.45) is 20.5. The molecule has 0 spiro atoms. The molecule has 4 aliphatic heterocycles. The largest absolute Gasteiger partial charge is 0.481 e. The number of carbonyl (C=O) groups is 4. The van der Waals surface area contributed by atoms with Crippen LogP contribution in [-0.4, -0.2) is 133 Å². The van der Waals surface area contributed by atoms with Gasteiger partial charge < -0.3 is 41.7 Å². The molecule has 6 aliphatic rings. The van der Waals surface area contributed by atoms with E-state index in [1.165, 1.54) is 0 Å². The van der Waals surface area contributed by atoms with Crippen molar-refractivity contribution in [2.45, 2.75) is 77.3 Å². The molecule has 4 saturated heterocycles. The first-order valence-corrected chi connectivity index (χ1v) is 27.0. The van der Waals surface area contributed by atoms with Crippen LogP contribution in [0.5, 0.6) is 0 Å². The van der Waals surface area contributed by atoms with Crippen LogP contribution in [0.15, 0.2) is 96.1 Å². The van der Waals surface area contributed by atoms with Crippen molar-refractivity contribution in [3.8, 4) is 0 Å². The molecule has 0 bridgehead atoms. The quantitative estimate of drug-likeness (QED) is 0.0510. The minimum absolute atomic E-state index is 0.0925. The molecular formula is C58H80N6O8. The summed E-state index contributed by atoms with van der Waals surface area (Å²) in [5, 5.41) is 54.6. The highest BCUT2D eigenvalue weighted by molar-refractivity contribution is 5.72. The van der Waals surface area contributed by atoms with E-state index in [9.17, 15) is 39.6 Å². The molecule has 14 heteroatoms. The van der Waals surface area contributed by atoms with Crippen molar-refractivity contribution in [3.63, 3.8) is 0 Å². The summed E-state index contributed by atoms with van der Waals surface area (Å²) in [5.41, 5.74) is 6.50. The fraction of sp³-hybridized carbons (Fsp3) is 0.586. The Balaban J connectivity index is 1.05. The molecule has 0 radical (unpaired) electrons. The molecule has 8 rings (SSSR count). The van der Waals surface area contributed by atoms with Gasteiger partial charge >= 0.3 is 23.9 Å². The molecule has 14 nitrogen and oxygen atoms in total. The van der Waals surface area contributed by atoms with E-state index in [1.807, 2.05) is 24.3 Å². The van der Waals surface area contributed by atoms with Crippen LogP contribution >= 0.6 is 0 Å². The summed E-state index contributed by atoms with van der Waals surface area (Å²) in [4.78, 5) is 55.2. The molecule has 10 atom stereocenters. The lowest BCUT2D eigenvalue weighted by atomic mass is 9.81. The average Bonchev–Trinajstić information content (AvgIpc) is 4.23. The second-order valence-corrected chi connectivity index (χ2v) is 22.0. The van der Waals surface area contributed by atoms with Crippen LogP contribution in [0.3, 0.4) is 0 Å². The number of hydrogen-bond donors (Lipinski definition) is 8. The van der Waals surface area contributed by atoms with Crippen molar-refractivity contribution in [1.82, 2.24) is 31.1 Å². The van der Waals surface area contributed by atoms with E-state index in [2.05, 4.69) is 91.8 Å². The van der Waals surface area contributed by atoms with E-state index in [0.717, 1.165) is 137 Å². The van der Waals surface area contributed by atoms with Gasteiger partial charge in [-0.25, -0.2) is 0 Å². The van der Waals surface area contributed by atoms with Crippen molar-refractivity contribution in [3.05, 3.63) is 118 Å². The van der Waals surface area contributed by atoms with Gasteiger partial charge in [-0.15, -0.1) is 0 Å². The summed E-state index contributed by atoms with van der Waals surface area (Å²) in [6, 6.07) is 16.8. The Kier molecular flexibility index (Phi) is 19.5. The van der Waals surface area contributed by atoms with E-state index in [1.54, 1.807) is 0 Å². The van der Waals surface area contributed by atoms with Crippen molar-refractivity contribution < 1.29 is 39.6 Å². The molecule has 390 valence electrons. The van der Waals surface area contributed by atoms with Crippen LogP contribution in [-0.2, 0) is 45.1 Å². The highest BCUT2D eigenvalue weighted by atomic mass is 16.4. The second kappa shape index (κ2) is 26.3. The zero-order valence-corrected chi connectivity index (χ0v) is 42.1. The second-order valence-electron chi connectivity index (χ2n) is 22.0. The van der Waals surface area contributed by atoms with E-state index in [-0.39, 0.29) is 35.5 Å². The van der Waals surface area contributed by atoms with E-state index < -0.39 is 47.5 Å². The summed E-state index contributed by atoms with van der Waals surface area (Å²) >= 11 is 0. The molecular weight excluding hydrogens is 909 g/mol. The fourth-order valence-electron chi connectivity index (χ4n) is 12.8. The zero-order valence-electron chi connectivity index (χ0n) is 42.1. The lowest BCUT2D eigenvalue weighted by Gasteiger charge is -2.32. The Morgan fingerprint density at radius 2 is 0.917 bits per heavy atom. The summed E-state index contributed by atoms with van der Waals surface area (Å²) in [6.45, 7) is 10.4. The third-order valence-electron chi connectivity index (χ3n) is 16.7. The normalized spacial score (nSPS) is 25.9. The maximum atomic E-state index is 12.6. The van der Waals surface area contributed by atoms with Gasteiger partial charge in [0.05, 0.1) is 23.7 Å². The van der Waals surface area contributed by atoms with Crippen LogP contribution in [0.4, 0.5) is 0 Å². The molecule has 2 unspecified atom stereocenters. The number of nitrogens with one attached hydrogen (secondary N) is 4. The Morgan fingerprint density at radius 3 is 1.40 bits per heavy atom. The summed E-state index contributed by atoms with van der Waals surface area (Å²) < 4.78 is 0. The Morgan fingerprint density at radius 1 is 0.500 bits per heavy atom. The molecule has 4 fully saturated rings. The van der Waals surface area contributed by atoms with Gasteiger partial charge in [0.2, 0.25) is 0 Å². The molecule has 72 heavy (non-hydrogen) atoms. The molecule has 2 aromatic carbocycles. The summed E-state index contributed by atoms with van der Waals surface area (Å²) in [5.74, 6) is -4.02. The fourth-order valence-corrected chi connectivity index (χ4v) is 12.8. The monoisotopic (exact) mass is 989 g/mol. The third-order valence-corrected chi connectivity index (χ3v) is 16.7. The Bertz CT molecular complexity index is 2270. The Labute approximate surface area is 426 Å². The van der Waals surface area contributed by atoms with Crippen LogP contribution in [0.2, 0.25) is 0 Å². The summed E-state index contributed by atoms with van der Waals surface area (Å²) in [7, 11) is 0. The van der Waals surface area contributed by atoms with E-state index >= 15 is 0 Å². The molecule has 4 heterocycles. The van der Waals surface area contributed by atoms with Crippen LogP contribution in [0, 0.1) is 59.2 Å². The minimum Gasteiger partial charge on any atom is -0.481 e. The van der Waals surface area contributed by atoms with Crippen molar-refractivity contribution in [2.75, 3.05) is 78.5 Å². The van der Waals surface area contributed by atoms with Crippen molar-refractivity contribution in [2.24, 2.45) is 59.2 Å². The highest BCUT2D eigenvalue weighted by Gasteiger charge is 2.35. The molecule has 0 saturated carbocycles. The lowest BCUT2D eigenvalue weighted by Crippen LogP contribution is -2.38. The number of carboxylic acid groups (broad SMARTS) is 4. The molecule has 2 aliphatic carbocycles. The topological polar surface area (TPSA) is 204 Å². The lowest BCUT2D eigenvalue weighted by molar-refractivity contribution is -0.144. The predicted molar refractivity (Wildman–Crippen MR) is 279 cm³/mol. The standard InChI is InChI=1S/C58H80N6O8/c65-55(66)51(47-13-17-59-31-47)27-39-5-1-9-43(23-39)35-63(36-44-10-2-6-40(24-44)28-52(56(67)68)48-14-18-60-32-48)21-22-64(37-45-11-3-7-41(25-45)29-53(57(69)70)49-15-19-61-33-49)38-46-12-4-8-42(26-46)30-54(58(71)72)50-16-20-62-34-50/h1-7,9,11-12,23-26,42,44,47-54,59-62H,8,10,13-22,27-38H2,(H,65,66)(H,67,68)(H,69,70)(H,71,72)/t42?,44?,47-,48-,49-,50-,51-,52-,53-,54-/m0/s1. The third kappa shape index (κ3) is 15.3. The minimum atomic E-state index is -0.752. The number of allylic oxidation sites excluding steroid dienone is 5. The van der Waals surface area contributed by atoms with Gasteiger partial charge in [-0.1, -0.05) is 90.6 Å². The van der Waals surface area contributed by atoms with Crippen LogP contribution < -0.4 is 21.3 Å². The zero-order chi connectivity index (χ0) is 50.4. The molecule has 0 aromatic heterocycles. The molecule has 0 amide bonds. The van der Waals surface area contributed by atoms with Gasteiger partial charge in [-0.2, -0.15) is 0 Å². The van der Waals surface area contributed by atoms with Crippen LogP contribution in [0.25, 0.3) is 0 Å². The first-order valence-electron chi connectivity index (χ1n) is 27.0. The average molecular weight is 989 g/mol. The van der Waals surface area contributed by atoms with Gasteiger partial charge in [-0.05, 0) is 180 Å². The maximum absolute atomic E-state index is 12.6. The smallest absolute Gasteiger partial charge is 0.307 e. The van der Waals surface area contributed by atoms with Gasteiger partial charge in [0.25, 0.3) is 0 Å². The SMILES string of the molecule is O=C(O)[C@@H](CC1=CC(CN(CCN(CC2=CC(C[C@H](C(=O)O)[C@H]3CCNC3)CC=C2)Cc2cccc(C[C@H](C(=O)O)[C@H]3CCNC3)c2)Cc2cccc(C[C@H](C(=O)O)[C@H]3CCNC3)c2)CC=C1)[C@H]1CCNC1. The first kappa shape index (κ1) is 53.3. The van der Waals surface area contributed by atoms with Gasteiger partial charge in [0, 0.05) is 39.3 Å². The molecule has 2 aromatic rings. The van der Waals surface area contributed by atoms with Gasteiger partial charge in [0.15, 0.2) is 0 Å². The molecule has 8 N–H and O–H groups in total. The first-order chi connectivity index (χ1) is 34.9. The number of benzene rings is 2. The van der Waals surface area contributed by atoms with Crippen molar-refractivity contribution >= 4 is 23.9 Å².